The van der Waals surface area contributed by atoms with Gasteiger partial charge < -0.3 is 15.5 Å². The molecule has 0 fully saturated rings. The highest BCUT2D eigenvalue weighted by molar-refractivity contribution is 5.76. The van der Waals surface area contributed by atoms with E-state index in [9.17, 15) is 4.79 Å². The van der Waals surface area contributed by atoms with Gasteiger partial charge in [-0.1, -0.05) is 13.8 Å². The molecule has 1 aromatic heterocycles. The van der Waals surface area contributed by atoms with Gasteiger partial charge in [0.15, 0.2) is 0 Å². The van der Waals surface area contributed by atoms with Crippen LogP contribution in [0.5, 0.6) is 0 Å². The number of carbonyl (C=O) groups is 1. The highest BCUT2D eigenvalue weighted by Gasteiger charge is 2.24. The van der Waals surface area contributed by atoms with E-state index in [-0.39, 0.29) is 17.9 Å². The molecule has 3 N–H and O–H groups in total. The van der Waals surface area contributed by atoms with Crippen LogP contribution in [-0.4, -0.2) is 12.5 Å². The average Bonchev–Trinajstić information content (AvgIpc) is 2.86. The molecular weight excluding hydrogens is 252 g/mol. The van der Waals surface area contributed by atoms with E-state index in [4.69, 9.17) is 10.2 Å². The molecule has 1 heterocycles. The molecule has 0 aromatic carbocycles. The Kier molecular flexibility index (Phi) is 5.24. The lowest BCUT2D eigenvalue weighted by Gasteiger charge is -2.24. The molecule has 2 atom stereocenters. The van der Waals surface area contributed by atoms with E-state index < -0.39 is 0 Å². The zero-order valence-corrected chi connectivity index (χ0v) is 12.5. The van der Waals surface area contributed by atoms with E-state index in [2.05, 4.69) is 19.2 Å². The van der Waals surface area contributed by atoms with Gasteiger partial charge >= 0.3 is 0 Å². The van der Waals surface area contributed by atoms with E-state index in [0.29, 0.717) is 18.9 Å². The molecular formula is C16H26N2O2. The molecule has 1 aliphatic carbocycles. The van der Waals surface area contributed by atoms with E-state index in [1.165, 1.54) is 0 Å². The molecule has 0 saturated heterocycles. The van der Waals surface area contributed by atoms with E-state index in [1.807, 2.05) is 6.07 Å². The quantitative estimate of drug-likeness (QED) is 0.840. The summed E-state index contributed by atoms with van der Waals surface area (Å²) in [6.07, 6.45) is 6.29. The van der Waals surface area contributed by atoms with Crippen LogP contribution < -0.4 is 11.1 Å². The summed E-state index contributed by atoms with van der Waals surface area (Å²) in [4.78, 5) is 12.2. The third kappa shape index (κ3) is 3.85. The standard InChI is InChI=1S/C16H26N2O2/c1-11(2)8-12(10-17)9-16(19)18-14-4-3-5-15-13(14)6-7-20-15/h6-7,11-12,14H,3-5,8-10,17H2,1-2H3,(H,18,19). The SMILES string of the molecule is CC(C)CC(CN)CC(=O)NC1CCCc2occc21. The number of hydrogen-bond acceptors (Lipinski definition) is 3. The van der Waals surface area contributed by atoms with Crippen LogP contribution in [0.4, 0.5) is 0 Å². The lowest BCUT2D eigenvalue weighted by atomic mass is 9.91. The van der Waals surface area contributed by atoms with Gasteiger partial charge in [-0.3, -0.25) is 4.79 Å². The number of carbonyl (C=O) groups excluding carboxylic acids is 1. The number of nitrogens with two attached hydrogens (primary N) is 1. The van der Waals surface area contributed by atoms with Crippen LogP contribution in [0.1, 0.15) is 56.9 Å². The summed E-state index contributed by atoms with van der Waals surface area (Å²) >= 11 is 0. The number of aryl methyl sites for hydroxylation is 1. The predicted molar refractivity (Wildman–Crippen MR) is 79.1 cm³/mol. The van der Waals surface area contributed by atoms with Crippen molar-refractivity contribution in [3.63, 3.8) is 0 Å². The van der Waals surface area contributed by atoms with Crippen molar-refractivity contribution in [2.45, 2.75) is 52.0 Å². The molecule has 0 spiro atoms. The van der Waals surface area contributed by atoms with Crippen molar-refractivity contribution in [3.05, 3.63) is 23.7 Å². The normalized spacial score (nSPS) is 19.7. The van der Waals surface area contributed by atoms with E-state index >= 15 is 0 Å². The first-order valence-electron chi connectivity index (χ1n) is 7.65. The molecule has 4 nitrogen and oxygen atoms in total. The number of nitrogens with one attached hydrogen (secondary N) is 1. The van der Waals surface area contributed by atoms with Gasteiger partial charge in [0.2, 0.25) is 5.91 Å². The van der Waals surface area contributed by atoms with Crippen molar-refractivity contribution in [2.24, 2.45) is 17.6 Å². The minimum atomic E-state index is 0.111. The van der Waals surface area contributed by atoms with Gasteiger partial charge in [0.25, 0.3) is 0 Å². The summed E-state index contributed by atoms with van der Waals surface area (Å²) in [7, 11) is 0. The van der Waals surface area contributed by atoms with Crippen molar-refractivity contribution < 1.29 is 9.21 Å². The molecule has 1 aliphatic rings. The minimum Gasteiger partial charge on any atom is -0.469 e. The Balaban J connectivity index is 1.89. The van der Waals surface area contributed by atoms with Crippen LogP contribution in [0, 0.1) is 11.8 Å². The van der Waals surface area contributed by atoms with Gasteiger partial charge in [-0.05, 0) is 43.7 Å². The van der Waals surface area contributed by atoms with Gasteiger partial charge in [-0.15, -0.1) is 0 Å². The van der Waals surface area contributed by atoms with Crippen LogP contribution in [0.3, 0.4) is 0 Å². The van der Waals surface area contributed by atoms with Crippen molar-refractivity contribution in [3.8, 4) is 0 Å². The minimum absolute atomic E-state index is 0.111. The maximum Gasteiger partial charge on any atom is 0.220 e. The highest BCUT2D eigenvalue weighted by atomic mass is 16.3. The maximum atomic E-state index is 12.2. The Morgan fingerprint density at radius 1 is 1.55 bits per heavy atom. The number of amides is 1. The zero-order chi connectivity index (χ0) is 14.5. The van der Waals surface area contributed by atoms with Crippen molar-refractivity contribution in [1.82, 2.24) is 5.32 Å². The fourth-order valence-electron chi connectivity index (χ4n) is 3.08. The largest absolute Gasteiger partial charge is 0.469 e. The van der Waals surface area contributed by atoms with Gasteiger partial charge in [-0.25, -0.2) is 0 Å². The second-order valence-corrected chi connectivity index (χ2v) is 6.25. The van der Waals surface area contributed by atoms with E-state index in [1.54, 1.807) is 6.26 Å². The molecule has 0 aliphatic heterocycles. The second-order valence-electron chi connectivity index (χ2n) is 6.25. The van der Waals surface area contributed by atoms with E-state index in [0.717, 1.165) is 37.0 Å². The summed E-state index contributed by atoms with van der Waals surface area (Å²) in [6, 6.07) is 2.09. The lowest BCUT2D eigenvalue weighted by Crippen LogP contribution is -2.33. The number of furan rings is 1. The summed E-state index contributed by atoms with van der Waals surface area (Å²) in [5.74, 6) is 1.99. The van der Waals surface area contributed by atoms with Gasteiger partial charge in [0.05, 0.1) is 12.3 Å². The molecule has 1 aromatic rings. The van der Waals surface area contributed by atoms with Crippen molar-refractivity contribution >= 4 is 5.91 Å². The van der Waals surface area contributed by atoms with Crippen LogP contribution in [0.25, 0.3) is 0 Å². The van der Waals surface area contributed by atoms with Crippen LogP contribution in [-0.2, 0) is 11.2 Å². The smallest absolute Gasteiger partial charge is 0.220 e. The third-order valence-corrected chi connectivity index (χ3v) is 4.00. The third-order valence-electron chi connectivity index (χ3n) is 4.00. The topological polar surface area (TPSA) is 68.3 Å². The average molecular weight is 278 g/mol. The van der Waals surface area contributed by atoms with Gasteiger partial charge in [0, 0.05) is 18.4 Å². The molecule has 0 radical (unpaired) electrons. The molecule has 4 heteroatoms. The monoisotopic (exact) mass is 278 g/mol. The fraction of sp³-hybridized carbons (Fsp3) is 0.688. The molecule has 0 saturated carbocycles. The molecule has 1 amide bonds. The second kappa shape index (κ2) is 6.93. The predicted octanol–water partition coefficient (Wildman–Crippen LogP) is 2.78. The highest BCUT2D eigenvalue weighted by Crippen LogP contribution is 2.30. The van der Waals surface area contributed by atoms with Gasteiger partial charge in [0.1, 0.15) is 5.76 Å². The molecule has 0 bridgehead atoms. The van der Waals surface area contributed by atoms with Crippen molar-refractivity contribution in [1.29, 1.82) is 0 Å². The Morgan fingerprint density at radius 2 is 2.35 bits per heavy atom. The van der Waals surface area contributed by atoms with Gasteiger partial charge in [-0.2, -0.15) is 0 Å². The molecule has 112 valence electrons. The van der Waals surface area contributed by atoms with Crippen LogP contribution >= 0.6 is 0 Å². The van der Waals surface area contributed by atoms with Crippen LogP contribution in [0.2, 0.25) is 0 Å². The Morgan fingerprint density at radius 3 is 3.05 bits per heavy atom. The first kappa shape index (κ1) is 15.1. The van der Waals surface area contributed by atoms with Crippen LogP contribution in [0.15, 0.2) is 16.7 Å². The lowest BCUT2D eigenvalue weighted by molar-refractivity contribution is -0.122. The number of rotatable bonds is 6. The first-order valence-corrected chi connectivity index (χ1v) is 7.65. The Labute approximate surface area is 121 Å². The Bertz CT molecular complexity index is 439. The molecule has 20 heavy (non-hydrogen) atoms. The fourth-order valence-corrected chi connectivity index (χ4v) is 3.08. The number of hydrogen-bond donors (Lipinski definition) is 2. The summed E-state index contributed by atoms with van der Waals surface area (Å²) in [5, 5.41) is 3.14. The Hall–Kier alpha value is -1.29. The zero-order valence-electron chi connectivity index (χ0n) is 12.5. The molecule has 2 rings (SSSR count). The van der Waals surface area contributed by atoms with Crippen molar-refractivity contribution in [2.75, 3.05) is 6.54 Å². The maximum absolute atomic E-state index is 12.2. The summed E-state index contributed by atoms with van der Waals surface area (Å²) in [5.41, 5.74) is 6.92. The number of fused-ring (bicyclic) bond motifs is 1. The molecule has 2 unspecified atom stereocenters. The first-order chi connectivity index (χ1) is 9.60. The summed E-state index contributed by atoms with van der Waals surface area (Å²) < 4.78 is 5.45. The summed E-state index contributed by atoms with van der Waals surface area (Å²) in [6.45, 7) is 4.91.